The molecular weight excluding hydrogens is 272 g/mol. The first-order chi connectivity index (χ1) is 9.04. The molecule has 104 valence electrons. The summed E-state index contributed by atoms with van der Waals surface area (Å²) >= 11 is 5.93. The zero-order valence-corrected chi connectivity index (χ0v) is 11.1. The molecule has 1 atom stereocenters. The van der Waals surface area contributed by atoms with Gasteiger partial charge in [0, 0.05) is 18.7 Å². The summed E-state index contributed by atoms with van der Waals surface area (Å²) in [5, 5.41) is 14.2. The lowest BCUT2D eigenvalue weighted by molar-refractivity contribution is -0.140. The molecule has 7 heteroatoms. The van der Waals surface area contributed by atoms with E-state index in [0.29, 0.717) is 5.02 Å². The molecule has 0 aromatic heterocycles. The van der Waals surface area contributed by atoms with Gasteiger partial charge in [0.15, 0.2) is 6.04 Å². The highest BCUT2D eigenvalue weighted by Crippen LogP contribution is 2.14. The van der Waals surface area contributed by atoms with E-state index in [0.717, 1.165) is 5.56 Å². The van der Waals surface area contributed by atoms with Crippen molar-refractivity contribution in [3.63, 3.8) is 0 Å². The van der Waals surface area contributed by atoms with Crippen LogP contribution in [0.2, 0.25) is 5.02 Å². The van der Waals surface area contributed by atoms with Crippen molar-refractivity contribution in [3.8, 4) is 0 Å². The zero-order chi connectivity index (χ0) is 14.3. The number of methoxy groups -OCH3 is 1. The second-order valence-corrected chi connectivity index (χ2v) is 4.17. The minimum atomic E-state index is -1.16. The number of amides is 2. The number of halogens is 1. The molecule has 0 spiro atoms. The van der Waals surface area contributed by atoms with Gasteiger partial charge in [-0.2, -0.15) is 0 Å². The number of hydrogen-bond donors (Lipinski definition) is 3. The van der Waals surface area contributed by atoms with Crippen LogP contribution in [0.3, 0.4) is 0 Å². The highest BCUT2D eigenvalue weighted by atomic mass is 35.5. The van der Waals surface area contributed by atoms with Crippen LogP contribution < -0.4 is 10.6 Å². The summed E-state index contributed by atoms with van der Waals surface area (Å²) in [5.74, 6) is -1.16. The number of carbonyl (C=O) groups excluding carboxylic acids is 1. The molecule has 3 N–H and O–H groups in total. The van der Waals surface area contributed by atoms with Crippen LogP contribution in [0.25, 0.3) is 0 Å². The summed E-state index contributed by atoms with van der Waals surface area (Å²) in [5.41, 5.74) is 0.748. The van der Waals surface area contributed by atoms with Crippen LogP contribution in [0.4, 0.5) is 4.79 Å². The van der Waals surface area contributed by atoms with E-state index in [2.05, 4.69) is 10.6 Å². The van der Waals surface area contributed by atoms with Crippen molar-refractivity contribution in [2.24, 2.45) is 0 Å². The Labute approximate surface area is 115 Å². The summed E-state index contributed by atoms with van der Waals surface area (Å²) in [7, 11) is 1.36. The maximum atomic E-state index is 11.5. The van der Waals surface area contributed by atoms with E-state index in [1.807, 2.05) is 0 Å². The maximum absolute atomic E-state index is 11.5. The quantitative estimate of drug-likeness (QED) is 0.734. The molecule has 0 radical (unpaired) electrons. The van der Waals surface area contributed by atoms with E-state index in [4.69, 9.17) is 21.4 Å². The van der Waals surface area contributed by atoms with Crippen molar-refractivity contribution < 1.29 is 19.4 Å². The average molecular weight is 287 g/mol. The van der Waals surface area contributed by atoms with Crippen LogP contribution >= 0.6 is 11.6 Å². The Balaban J connectivity index is 2.47. The van der Waals surface area contributed by atoms with Gasteiger partial charge in [0.25, 0.3) is 0 Å². The molecule has 1 rings (SSSR count). The van der Waals surface area contributed by atoms with Crippen molar-refractivity contribution in [1.82, 2.24) is 10.6 Å². The molecule has 1 unspecified atom stereocenters. The normalized spacial score (nSPS) is 11.7. The number of ether oxygens (including phenoxy) is 1. The third kappa shape index (κ3) is 5.15. The highest BCUT2D eigenvalue weighted by Gasteiger charge is 2.19. The molecular formula is C12H15ClN2O4. The van der Waals surface area contributed by atoms with Crippen molar-refractivity contribution in [2.45, 2.75) is 12.6 Å². The predicted octanol–water partition coefficient (Wildman–Crippen LogP) is 1.24. The number of aliphatic carboxylic acids is 1. The van der Waals surface area contributed by atoms with E-state index in [9.17, 15) is 9.59 Å². The fourth-order valence-electron chi connectivity index (χ4n) is 1.37. The fourth-order valence-corrected chi connectivity index (χ4v) is 1.57. The number of urea groups is 1. The number of carbonyl (C=O) groups is 2. The van der Waals surface area contributed by atoms with Crippen molar-refractivity contribution >= 4 is 23.6 Å². The van der Waals surface area contributed by atoms with Crippen LogP contribution in [-0.2, 0) is 16.1 Å². The fraction of sp³-hybridized carbons (Fsp3) is 0.333. The molecule has 0 fully saturated rings. The topological polar surface area (TPSA) is 87.7 Å². The second kappa shape index (κ2) is 7.60. The average Bonchev–Trinajstić information content (AvgIpc) is 2.37. The molecule has 0 bridgehead atoms. The van der Waals surface area contributed by atoms with E-state index < -0.39 is 18.0 Å². The van der Waals surface area contributed by atoms with Crippen molar-refractivity contribution in [1.29, 1.82) is 0 Å². The van der Waals surface area contributed by atoms with Gasteiger partial charge in [0.05, 0.1) is 6.61 Å². The van der Waals surface area contributed by atoms with Gasteiger partial charge in [0.2, 0.25) is 0 Å². The van der Waals surface area contributed by atoms with Crippen LogP contribution in [0.1, 0.15) is 5.56 Å². The lowest BCUT2D eigenvalue weighted by Gasteiger charge is -2.14. The lowest BCUT2D eigenvalue weighted by Crippen LogP contribution is -2.48. The van der Waals surface area contributed by atoms with Gasteiger partial charge in [-0.05, 0) is 11.6 Å². The molecule has 2 amide bonds. The first kappa shape index (κ1) is 15.3. The van der Waals surface area contributed by atoms with E-state index >= 15 is 0 Å². The Kier molecular flexibility index (Phi) is 6.11. The third-order valence-electron chi connectivity index (χ3n) is 2.33. The molecule has 1 aromatic carbocycles. The maximum Gasteiger partial charge on any atom is 0.328 e. The lowest BCUT2D eigenvalue weighted by atomic mass is 10.2. The van der Waals surface area contributed by atoms with Crippen molar-refractivity contribution in [2.75, 3.05) is 13.7 Å². The highest BCUT2D eigenvalue weighted by molar-refractivity contribution is 6.31. The van der Waals surface area contributed by atoms with Crippen molar-refractivity contribution in [3.05, 3.63) is 34.9 Å². The Morgan fingerprint density at radius 1 is 1.42 bits per heavy atom. The standard InChI is InChI=1S/C12H15ClN2O4/c1-19-7-10(11(16)17)15-12(18)14-6-8-4-2-3-5-9(8)13/h2-5,10H,6-7H2,1H3,(H,16,17)(H2,14,15,18). The summed E-state index contributed by atoms with van der Waals surface area (Å²) in [6, 6.07) is 5.38. The van der Waals surface area contributed by atoms with Crippen LogP contribution in [0.15, 0.2) is 24.3 Å². The summed E-state index contributed by atoms with van der Waals surface area (Å²) in [4.78, 5) is 22.3. The van der Waals surface area contributed by atoms with Crippen LogP contribution in [0, 0.1) is 0 Å². The van der Waals surface area contributed by atoms with Gasteiger partial charge in [0.1, 0.15) is 0 Å². The largest absolute Gasteiger partial charge is 0.480 e. The summed E-state index contributed by atoms with van der Waals surface area (Å²) in [6.07, 6.45) is 0. The second-order valence-electron chi connectivity index (χ2n) is 3.76. The van der Waals surface area contributed by atoms with Gasteiger partial charge < -0.3 is 20.5 Å². The predicted molar refractivity (Wildman–Crippen MR) is 70.1 cm³/mol. The van der Waals surface area contributed by atoms with Crippen LogP contribution in [-0.4, -0.2) is 36.9 Å². The minimum Gasteiger partial charge on any atom is -0.480 e. The number of benzene rings is 1. The first-order valence-corrected chi connectivity index (χ1v) is 5.92. The monoisotopic (exact) mass is 286 g/mol. The number of carboxylic acid groups (broad SMARTS) is 1. The van der Waals surface area contributed by atoms with Gasteiger partial charge in [-0.25, -0.2) is 9.59 Å². The number of carboxylic acids is 1. The van der Waals surface area contributed by atoms with Gasteiger partial charge in [-0.1, -0.05) is 29.8 Å². The third-order valence-corrected chi connectivity index (χ3v) is 2.70. The smallest absolute Gasteiger partial charge is 0.328 e. The Morgan fingerprint density at radius 3 is 2.68 bits per heavy atom. The molecule has 0 heterocycles. The molecule has 0 aliphatic heterocycles. The summed E-state index contributed by atoms with van der Waals surface area (Å²) < 4.78 is 4.70. The van der Waals surface area contributed by atoms with Gasteiger partial charge in [-0.3, -0.25) is 0 Å². The molecule has 0 aliphatic carbocycles. The Morgan fingerprint density at radius 2 is 2.11 bits per heavy atom. The number of nitrogens with one attached hydrogen (secondary N) is 2. The summed E-state index contributed by atoms with van der Waals surface area (Å²) in [6.45, 7) is 0.111. The molecule has 0 aliphatic rings. The Bertz CT molecular complexity index is 453. The minimum absolute atomic E-state index is 0.102. The van der Waals surface area contributed by atoms with E-state index in [-0.39, 0.29) is 13.2 Å². The van der Waals surface area contributed by atoms with E-state index in [1.165, 1.54) is 7.11 Å². The number of hydrogen-bond acceptors (Lipinski definition) is 3. The van der Waals surface area contributed by atoms with Crippen LogP contribution in [0.5, 0.6) is 0 Å². The van der Waals surface area contributed by atoms with Gasteiger partial charge >= 0.3 is 12.0 Å². The molecule has 6 nitrogen and oxygen atoms in total. The molecule has 1 aromatic rings. The number of rotatable bonds is 6. The molecule has 19 heavy (non-hydrogen) atoms. The van der Waals surface area contributed by atoms with E-state index in [1.54, 1.807) is 24.3 Å². The zero-order valence-electron chi connectivity index (χ0n) is 10.4. The van der Waals surface area contributed by atoms with Gasteiger partial charge in [-0.15, -0.1) is 0 Å². The first-order valence-electron chi connectivity index (χ1n) is 5.54. The molecule has 0 saturated carbocycles. The SMILES string of the molecule is COCC(NC(=O)NCc1ccccc1Cl)C(=O)O. The Hall–Kier alpha value is -1.79. The molecule has 0 saturated heterocycles.